The van der Waals surface area contributed by atoms with Crippen molar-refractivity contribution in [1.82, 2.24) is 5.32 Å². The van der Waals surface area contributed by atoms with Gasteiger partial charge in [-0.2, -0.15) is 0 Å². The molecule has 0 unspecified atom stereocenters. The fraction of sp³-hybridized carbons (Fsp3) is 0.533. The number of carbonyl (C=O) groups is 1. The smallest absolute Gasteiger partial charge is 0.319 e. The minimum Gasteiger partial charge on any atom is -0.335 e. The first kappa shape index (κ1) is 13.8. The Morgan fingerprint density at radius 2 is 2.05 bits per heavy atom. The summed E-state index contributed by atoms with van der Waals surface area (Å²) < 4.78 is 13.4. The number of hydrogen-bond donors (Lipinski definition) is 2. The second-order valence-corrected chi connectivity index (χ2v) is 5.43. The maximum Gasteiger partial charge on any atom is 0.319 e. The summed E-state index contributed by atoms with van der Waals surface area (Å²) in [4.78, 5) is 11.9. The van der Waals surface area contributed by atoms with Crippen LogP contribution in [-0.4, -0.2) is 12.1 Å². The summed E-state index contributed by atoms with van der Waals surface area (Å²) >= 11 is 0. The fourth-order valence-electron chi connectivity index (χ4n) is 2.54. The zero-order chi connectivity index (χ0) is 13.8. The number of halogens is 1. The summed E-state index contributed by atoms with van der Waals surface area (Å²) in [5.41, 5.74) is 1.07. The highest BCUT2D eigenvalue weighted by molar-refractivity contribution is 5.89. The molecule has 0 saturated heterocycles. The fourth-order valence-corrected chi connectivity index (χ4v) is 2.54. The zero-order valence-corrected chi connectivity index (χ0v) is 11.5. The minimum absolute atomic E-state index is 0.226. The lowest BCUT2D eigenvalue weighted by Crippen LogP contribution is -2.43. The molecule has 0 radical (unpaired) electrons. The number of rotatable bonds is 2. The van der Waals surface area contributed by atoms with Crippen LogP contribution in [0.25, 0.3) is 0 Å². The van der Waals surface area contributed by atoms with Crippen LogP contribution >= 0.6 is 0 Å². The summed E-state index contributed by atoms with van der Waals surface area (Å²) in [5.74, 6) is 0.207. The lowest BCUT2D eigenvalue weighted by molar-refractivity contribution is 0.232. The molecule has 0 heterocycles. The Morgan fingerprint density at radius 3 is 2.74 bits per heavy atom. The average molecular weight is 264 g/mol. The normalized spacial score (nSPS) is 22.9. The van der Waals surface area contributed by atoms with Crippen LogP contribution in [-0.2, 0) is 0 Å². The number of anilines is 1. The first-order chi connectivity index (χ1) is 9.06. The van der Waals surface area contributed by atoms with E-state index < -0.39 is 0 Å². The van der Waals surface area contributed by atoms with Crippen molar-refractivity contribution in [3.8, 4) is 0 Å². The van der Waals surface area contributed by atoms with Crippen molar-refractivity contribution in [1.29, 1.82) is 0 Å². The molecule has 3 nitrogen and oxygen atoms in total. The van der Waals surface area contributed by atoms with Crippen LogP contribution in [0.2, 0.25) is 0 Å². The number of aryl methyl sites for hydroxylation is 1. The Kier molecular flexibility index (Phi) is 4.40. The van der Waals surface area contributed by atoms with Gasteiger partial charge in [0.05, 0.1) is 0 Å². The van der Waals surface area contributed by atoms with Crippen molar-refractivity contribution >= 4 is 11.7 Å². The number of carbonyl (C=O) groups excluding carboxylic acids is 1. The molecule has 104 valence electrons. The van der Waals surface area contributed by atoms with E-state index in [0.29, 0.717) is 17.2 Å². The third-order valence-corrected chi connectivity index (χ3v) is 3.86. The average Bonchev–Trinajstić information content (AvgIpc) is 2.37. The van der Waals surface area contributed by atoms with Crippen LogP contribution in [0.4, 0.5) is 14.9 Å². The van der Waals surface area contributed by atoms with Crippen molar-refractivity contribution in [2.24, 2.45) is 5.92 Å². The van der Waals surface area contributed by atoms with E-state index in [0.717, 1.165) is 19.3 Å². The molecule has 2 amide bonds. The van der Waals surface area contributed by atoms with E-state index >= 15 is 0 Å². The largest absolute Gasteiger partial charge is 0.335 e. The highest BCUT2D eigenvalue weighted by atomic mass is 19.1. The van der Waals surface area contributed by atoms with Crippen molar-refractivity contribution < 1.29 is 9.18 Å². The molecule has 2 N–H and O–H groups in total. The van der Waals surface area contributed by atoms with Crippen LogP contribution in [0.1, 0.15) is 38.2 Å². The summed E-state index contributed by atoms with van der Waals surface area (Å²) in [7, 11) is 0. The van der Waals surface area contributed by atoms with Crippen molar-refractivity contribution in [2.75, 3.05) is 5.32 Å². The first-order valence-electron chi connectivity index (χ1n) is 6.90. The van der Waals surface area contributed by atoms with Gasteiger partial charge in [-0.05, 0) is 43.4 Å². The number of benzene rings is 1. The molecule has 1 aliphatic rings. The van der Waals surface area contributed by atoms with Crippen molar-refractivity contribution in [2.45, 2.75) is 45.6 Å². The highest BCUT2D eigenvalue weighted by Gasteiger charge is 2.22. The van der Waals surface area contributed by atoms with Gasteiger partial charge in [-0.3, -0.25) is 0 Å². The molecule has 1 fully saturated rings. The number of hydrogen-bond acceptors (Lipinski definition) is 1. The molecule has 1 aliphatic carbocycles. The molecule has 1 saturated carbocycles. The van der Waals surface area contributed by atoms with Gasteiger partial charge in [-0.15, -0.1) is 0 Å². The van der Waals surface area contributed by atoms with Crippen LogP contribution in [0.15, 0.2) is 18.2 Å². The Balaban J connectivity index is 1.91. The highest BCUT2D eigenvalue weighted by Crippen LogP contribution is 2.23. The predicted molar refractivity (Wildman–Crippen MR) is 74.7 cm³/mol. The Morgan fingerprint density at radius 1 is 1.32 bits per heavy atom. The SMILES string of the molecule is Cc1ccc(NC(=O)N[C@@H]2CCCC[C@@H]2C)cc1F. The molecule has 0 aromatic heterocycles. The van der Waals surface area contributed by atoms with Crippen LogP contribution in [0.3, 0.4) is 0 Å². The first-order valence-corrected chi connectivity index (χ1v) is 6.90. The monoisotopic (exact) mass is 264 g/mol. The van der Waals surface area contributed by atoms with Gasteiger partial charge in [0.2, 0.25) is 0 Å². The van der Waals surface area contributed by atoms with Crippen molar-refractivity contribution in [3.63, 3.8) is 0 Å². The third-order valence-electron chi connectivity index (χ3n) is 3.86. The summed E-state index contributed by atoms with van der Waals surface area (Å²) in [6.07, 6.45) is 4.58. The van der Waals surface area contributed by atoms with Gasteiger partial charge >= 0.3 is 6.03 Å². The van der Waals surface area contributed by atoms with E-state index in [-0.39, 0.29) is 17.9 Å². The maximum atomic E-state index is 13.4. The molecule has 1 aromatic rings. The maximum absolute atomic E-state index is 13.4. The lowest BCUT2D eigenvalue weighted by Gasteiger charge is -2.29. The Hall–Kier alpha value is -1.58. The molecule has 1 aromatic carbocycles. The molecule has 4 heteroatoms. The molecular weight excluding hydrogens is 243 g/mol. The summed E-state index contributed by atoms with van der Waals surface area (Å²) in [5, 5.41) is 5.67. The van der Waals surface area contributed by atoms with Gasteiger partial charge in [-0.25, -0.2) is 9.18 Å². The van der Waals surface area contributed by atoms with Crippen LogP contribution in [0, 0.1) is 18.7 Å². The Bertz CT molecular complexity index is 461. The molecule has 0 aliphatic heterocycles. The second-order valence-electron chi connectivity index (χ2n) is 5.43. The lowest BCUT2D eigenvalue weighted by atomic mass is 9.86. The topological polar surface area (TPSA) is 41.1 Å². The van der Waals surface area contributed by atoms with E-state index in [4.69, 9.17) is 0 Å². The molecule has 2 atom stereocenters. The van der Waals surface area contributed by atoms with E-state index in [9.17, 15) is 9.18 Å². The van der Waals surface area contributed by atoms with Crippen molar-refractivity contribution in [3.05, 3.63) is 29.6 Å². The number of urea groups is 1. The summed E-state index contributed by atoms with van der Waals surface area (Å²) in [6, 6.07) is 4.70. The van der Waals surface area contributed by atoms with Gasteiger partial charge in [0.25, 0.3) is 0 Å². The third kappa shape index (κ3) is 3.69. The molecule has 0 bridgehead atoms. The van der Waals surface area contributed by atoms with E-state index in [1.165, 1.54) is 12.5 Å². The molecule has 0 spiro atoms. The predicted octanol–water partition coefficient (Wildman–Crippen LogP) is 3.83. The van der Waals surface area contributed by atoms with Crippen LogP contribution < -0.4 is 10.6 Å². The van der Waals surface area contributed by atoms with Gasteiger partial charge in [0.15, 0.2) is 0 Å². The number of nitrogens with one attached hydrogen (secondary N) is 2. The quantitative estimate of drug-likeness (QED) is 0.837. The Labute approximate surface area is 113 Å². The summed E-state index contributed by atoms with van der Waals surface area (Å²) in [6.45, 7) is 3.86. The molecule has 2 rings (SSSR count). The van der Waals surface area contributed by atoms with E-state index in [1.807, 2.05) is 0 Å². The minimum atomic E-state index is -0.302. The molecule has 19 heavy (non-hydrogen) atoms. The molecular formula is C15H21FN2O. The van der Waals surface area contributed by atoms with E-state index in [1.54, 1.807) is 19.1 Å². The van der Waals surface area contributed by atoms with Crippen LogP contribution in [0.5, 0.6) is 0 Å². The van der Waals surface area contributed by atoms with Gasteiger partial charge in [-0.1, -0.05) is 25.8 Å². The van der Waals surface area contributed by atoms with E-state index in [2.05, 4.69) is 17.6 Å². The van der Waals surface area contributed by atoms with Gasteiger partial charge < -0.3 is 10.6 Å². The van der Waals surface area contributed by atoms with Gasteiger partial charge in [0.1, 0.15) is 5.82 Å². The number of amides is 2. The zero-order valence-electron chi connectivity index (χ0n) is 11.5. The second kappa shape index (κ2) is 6.04. The van der Waals surface area contributed by atoms with Gasteiger partial charge in [0, 0.05) is 11.7 Å². The standard InChI is InChI=1S/C15H21FN2O/c1-10-7-8-12(9-13(10)16)17-15(19)18-14-6-4-3-5-11(14)2/h7-9,11,14H,3-6H2,1-2H3,(H2,17,18,19)/t11-,14+/m0/s1.